The first-order valence-corrected chi connectivity index (χ1v) is 9.10. The Balaban J connectivity index is 1.42. The van der Waals surface area contributed by atoms with Gasteiger partial charge in [-0.2, -0.15) is 0 Å². The average Bonchev–Trinajstić information content (AvgIpc) is 2.57. The predicted octanol–water partition coefficient (Wildman–Crippen LogP) is 1.04. The Morgan fingerprint density at radius 1 is 1.24 bits per heavy atom. The summed E-state index contributed by atoms with van der Waals surface area (Å²) in [6.45, 7) is 5.26. The average molecular weight is 345 g/mol. The van der Waals surface area contributed by atoms with Crippen molar-refractivity contribution >= 4 is 11.8 Å². The van der Waals surface area contributed by atoms with E-state index in [1.807, 2.05) is 21.9 Å². The smallest absolute Gasteiger partial charge is 0.231 e. The van der Waals surface area contributed by atoms with Gasteiger partial charge >= 0.3 is 0 Å². The highest BCUT2D eigenvalue weighted by molar-refractivity contribution is 5.80. The molecule has 0 spiro atoms. The molecule has 2 aliphatic heterocycles. The van der Waals surface area contributed by atoms with Gasteiger partial charge in [-0.1, -0.05) is 19.1 Å². The first kappa shape index (κ1) is 17.7. The number of carbonyl (C=O) groups is 2. The standard InChI is InChI=1S/C19H27N3O3/c1-2-14-4-3-5-16(10-14)25-17-11-22(12-17)19(24)15-6-8-21(9-7-15)13-18(20)23/h3-5,10,15,17H,2,6-9,11-13H2,1H3,(H2,20,23). The molecular formula is C19H27N3O3. The first-order chi connectivity index (χ1) is 12.0. The second-order valence-electron chi connectivity index (χ2n) is 7.00. The number of hydrogen-bond donors (Lipinski definition) is 1. The van der Waals surface area contributed by atoms with Crippen molar-refractivity contribution in [3.63, 3.8) is 0 Å². The van der Waals surface area contributed by atoms with Crippen molar-refractivity contribution in [2.45, 2.75) is 32.3 Å². The molecule has 6 nitrogen and oxygen atoms in total. The molecule has 6 heteroatoms. The van der Waals surface area contributed by atoms with Crippen LogP contribution in [0.5, 0.6) is 5.75 Å². The number of nitrogens with zero attached hydrogens (tertiary/aromatic N) is 2. The Labute approximate surface area is 148 Å². The SMILES string of the molecule is CCc1cccc(OC2CN(C(=O)C3CCN(CC(N)=O)CC3)C2)c1. The lowest BCUT2D eigenvalue weighted by molar-refractivity contribution is -0.146. The molecule has 0 unspecified atom stereocenters. The zero-order valence-corrected chi connectivity index (χ0v) is 14.8. The molecule has 0 aliphatic carbocycles. The summed E-state index contributed by atoms with van der Waals surface area (Å²) in [6, 6.07) is 8.14. The lowest BCUT2D eigenvalue weighted by Crippen LogP contribution is -2.58. The molecule has 25 heavy (non-hydrogen) atoms. The molecule has 2 aliphatic rings. The topological polar surface area (TPSA) is 75.9 Å². The zero-order valence-electron chi connectivity index (χ0n) is 14.8. The Morgan fingerprint density at radius 2 is 1.96 bits per heavy atom. The molecule has 2 amide bonds. The van der Waals surface area contributed by atoms with Crippen LogP contribution in [0.25, 0.3) is 0 Å². The third kappa shape index (κ3) is 4.51. The third-order valence-corrected chi connectivity index (χ3v) is 5.09. The number of benzene rings is 1. The highest BCUT2D eigenvalue weighted by atomic mass is 16.5. The normalized spacial score (nSPS) is 19.5. The van der Waals surface area contributed by atoms with Crippen LogP contribution in [0.2, 0.25) is 0 Å². The molecule has 0 saturated carbocycles. The number of likely N-dealkylation sites (tertiary alicyclic amines) is 2. The van der Waals surface area contributed by atoms with Crippen LogP contribution in [-0.4, -0.2) is 60.4 Å². The number of primary amides is 1. The Hall–Kier alpha value is -2.08. The zero-order chi connectivity index (χ0) is 17.8. The second kappa shape index (κ2) is 7.87. The molecule has 0 bridgehead atoms. The molecule has 0 atom stereocenters. The van der Waals surface area contributed by atoms with Gasteiger partial charge in [-0.15, -0.1) is 0 Å². The monoisotopic (exact) mass is 345 g/mol. The van der Waals surface area contributed by atoms with Crippen LogP contribution in [0.3, 0.4) is 0 Å². The van der Waals surface area contributed by atoms with E-state index in [-0.39, 0.29) is 30.4 Å². The van der Waals surface area contributed by atoms with Gasteiger partial charge in [-0.05, 0) is 50.0 Å². The minimum Gasteiger partial charge on any atom is -0.487 e. The largest absolute Gasteiger partial charge is 0.487 e. The summed E-state index contributed by atoms with van der Waals surface area (Å²) >= 11 is 0. The number of carbonyl (C=O) groups excluding carboxylic acids is 2. The van der Waals surface area contributed by atoms with Crippen molar-refractivity contribution in [2.75, 3.05) is 32.7 Å². The Bertz CT molecular complexity index is 620. The quantitative estimate of drug-likeness (QED) is 0.836. The van der Waals surface area contributed by atoms with Crippen LogP contribution in [0, 0.1) is 5.92 Å². The van der Waals surface area contributed by atoms with Crippen molar-refractivity contribution in [3.05, 3.63) is 29.8 Å². The van der Waals surface area contributed by atoms with Gasteiger partial charge in [0.1, 0.15) is 11.9 Å². The van der Waals surface area contributed by atoms with Gasteiger partial charge in [-0.25, -0.2) is 0 Å². The van der Waals surface area contributed by atoms with E-state index >= 15 is 0 Å². The fraction of sp³-hybridized carbons (Fsp3) is 0.579. The number of amides is 2. The van der Waals surface area contributed by atoms with Crippen LogP contribution in [0.1, 0.15) is 25.3 Å². The summed E-state index contributed by atoms with van der Waals surface area (Å²) in [5.41, 5.74) is 6.48. The van der Waals surface area contributed by atoms with Crippen LogP contribution >= 0.6 is 0 Å². The summed E-state index contributed by atoms with van der Waals surface area (Å²) in [4.78, 5) is 27.4. The van der Waals surface area contributed by atoms with Crippen LogP contribution < -0.4 is 10.5 Å². The fourth-order valence-corrected chi connectivity index (χ4v) is 3.54. The molecule has 0 aromatic heterocycles. The number of rotatable bonds is 6. The minimum atomic E-state index is -0.306. The molecular weight excluding hydrogens is 318 g/mol. The van der Waals surface area contributed by atoms with Crippen molar-refractivity contribution < 1.29 is 14.3 Å². The molecule has 3 rings (SSSR count). The molecule has 2 saturated heterocycles. The molecule has 1 aromatic rings. The molecule has 2 N–H and O–H groups in total. The first-order valence-electron chi connectivity index (χ1n) is 9.10. The van der Waals surface area contributed by atoms with Gasteiger partial charge in [-0.3, -0.25) is 14.5 Å². The van der Waals surface area contributed by atoms with Crippen molar-refractivity contribution in [1.82, 2.24) is 9.80 Å². The highest BCUT2D eigenvalue weighted by Gasteiger charge is 2.37. The summed E-state index contributed by atoms with van der Waals surface area (Å²) in [6.07, 6.45) is 2.67. The number of ether oxygens (including phenoxy) is 1. The highest BCUT2D eigenvalue weighted by Crippen LogP contribution is 2.25. The van der Waals surface area contributed by atoms with E-state index in [0.717, 1.165) is 38.1 Å². The predicted molar refractivity (Wildman–Crippen MR) is 95.2 cm³/mol. The Morgan fingerprint density at radius 3 is 2.60 bits per heavy atom. The Kier molecular flexibility index (Phi) is 5.58. The molecule has 0 radical (unpaired) electrons. The van der Waals surface area contributed by atoms with Crippen molar-refractivity contribution in [1.29, 1.82) is 0 Å². The summed E-state index contributed by atoms with van der Waals surface area (Å²) in [5, 5.41) is 0. The van der Waals surface area contributed by atoms with E-state index < -0.39 is 0 Å². The van der Waals surface area contributed by atoms with Crippen LogP contribution in [0.4, 0.5) is 0 Å². The molecule has 2 heterocycles. The molecule has 136 valence electrons. The maximum absolute atomic E-state index is 12.6. The third-order valence-electron chi connectivity index (χ3n) is 5.09. The summed E-state index contributed by atoms with van der Waals surface area (Å²) in [5.74, 6) is 0.866. The fourth-order valence-electron chi connectivity index (χ4n) is 3.54. The van der Waals surface area contributed by atoms with Gasteiger partial charge in [0, 0.05) is 5.92 Å². The van der Waals surface area contributed by atoms with E-state index in [4.69, 9.17) is 10.5 Å². The van der Waals surface area contributed by atoms with Gasteiger partial charge in [0.05, 0.1) is 19.6 Å². The number of hydrogen-bond acceptors (Lipinski definition) is 4. The number of nitrogens with two attached hydrogens (primary N) is 1. The van der Waals surface area contributed by atoms with E-state index in [2.05, 4.69) is 19.1 Å². The van der Waals surface area contributed by atoms with Gasteiger partial charge in [0.25, 0.3) is 0 Å². The van der Waals surface area contributed by atoms with Crippen molar-refractivity contribution in [2.24, 2.45) is 11.7 Å². The van der Waals surface area contributed by atoms with E-state index in [9.17, 15) is 9.59 Å². The maximum atomic E-state index is 12.6. The maximum Gasteiger partial charge on any atom is 0.231 e. The molecule has 1 aromatic carbocycles. The van der Waals surface area contributed by atoms with Gasteiger partial charge < -0.3 is 15.4 Å². The lowest BCUT2D eigenvalue weighted by Gasteiger charge is -2.42. The van der Waals surface area contributed by atoms with Crippen molar-refractivity contribution in [3.8, 4) is 5.75 Å². The number of piperidine rings is 1. The second-order valence-corrected chi connectivity index (χ2v) is 7.00. The van der Waals surface area contributed by atoms with E-state index in [0.29, 0.717) is 13.1 Å². The summed E-state index contributed by atoms with van der Waals surface area (Å²) < 4.78 is 5.97. The van der Waals surface area contributed by atoms with E-state index in [1.165, 1.54) is 5.56 Å². The van der Waals surface area contributed by atoms with Crippen LogP contribution in [0.15, 0.2) is 24.3 Å². The summed E-state index contributed by atoms with van der Waals surface area (Å²) in [7, 11) is 0. The van der Waals surface area contributed by atoms with Gasteiger partial charge in [0.2, 0.25) is 11.8 Å². The minimum absolute atomic E-state index is 0.0634. The lowest BCUT2D eigenvalue weighted by atomic mass is 9.93. The van der Waals surface area contributed by atoms with E-state index in [1.54, 1.807) is 0 Å². The number of aryl methyl sites for hydroxylation is 1. The van der Waals surface area contributed by atoms with Crippen LogP contribution in [-0.2, 0) is 16.0 Å². The molecule has 2 fully saturated rings. The van der Waals surface area contributed by atoms with Gasteiger partial charge in [0.15, 0.2) is 0 Å².